The minimum Gasteiger partial charge on any atom is -0.469 e. The van der Waals surface area contributed by atoms with Gasteiger partial charge in [-0.2, -0.15) is 5.26 Å². The summed E-state index contributed by atoms with van der Waals surface area (Å²) in [5.74, 6) is -0.466. The van der Waals surface area contributed by atoms with Gasteiger partial charge in [0.15, 0.2) is 0 Å². The first kappa shape index (κ1) is 11.2. The number of ether oxygens (including phenoxy) is 1. The monoisotopic (exact) mass is 205 g/mol. The first-order valence-electron chi connectivity index (χ1n) is 4.42. The number of benzene rings is 1. The van der Waals surface area contributed by atoms with Gasteiger partial charge in [0, 0.05) is 0 Å². The number of carbonyl (C=O) groups is 1. The van der Waals surface area contributed by atoms with Crippen LogP contribution in [0, 0.1) is 11.3 Å². The average molecular weight is 205 g/mol. The van der Waals surface area contributed by atoms with Gasteiger partial charge in [-0.1, -0.05) is 12.1 Å². The van der Waals surface area contributed by atoms with Gasteiger partial charge in [-0.3, -0.25) is 4.79 Å². The van der Waals surface area contributed by atoms with E-state index in [4.69, 9.17) is 5.26 Å². The maximum absolute atomic E-state index is 10.9. The number of aliphatic hydroxyl groups is 1. The molecule has 0 aliphatic heterocycles. The molecule has 4 nitrogen and oxygen atoms in total. The van der Waals surface area contributed by atoms with Crippen LogP contribution in [0.4, 0.5) is 0 Å². The molecule has 0 spiro atoms. The maximum atomic E-state index is 10.9. The van der Waals surface area contributed by atoms with Crippen LogP contribution < -0.4 is 0 Å². The van der Waals surface area contributed by atoms with Crippen LogP contribution in [0.3, 0.4) is 0 Å². The van der Waals surface area contributed by atoms with E-state index >= 15 is 0 Å². The molecule has 0 saturated heterocycles. The highest BCUT2D eigenvalue weighted by atomic mass is 16.5. The molecule has 0 aliphatic rings. The second-order valence-corrected chi connectivity index (χ2v) is 3.03. The highest BCUT2D eigenvalue weighted by molar-refractivity contribution is 5.70. The van der Waals surface area contributed by atoms with Gasteiger partial charge in [0.2, 0.25) is 0 Å². The third-order valence-electron chi connectivity index (χ3n) is 2.01. The fourth-order valence-corrected chi connectivity index (χ4v) is 1.14. The summed E-state index contributed by atoms with van der Waals surface area (Å²) in [6.45, 7) is 0. The van der Waals surface area contributed by atoms with E-state index in [-0.39, 0.29) is 6.42 Å². The Morgan fingerprint density at radius 3 is 2.60 bits per heavy atom. The second-order valence-electron chi connectivity index (χ2n) is 3.03. The fourth-order valence-electron chi connectivity index (χ4n) is 1.14. The first-order valence-corrected chi connectivity index (χ1v) is 4.42. The van der Waals surface area contributed by atoms with Crippen LogP contribution in [-0.2, 0) is 9.53 Å². The summed E-state index contributed by atoms with van der Waals surface area (Å²) in [6, 6.07) is 8.39. The minimum absolute atomic E-state index is 0.0810. The molecule has 0 fully saturated rings. The zero-order valence-electron chi connectivity index (χ0n) is 8.30. The zero-order chi connectivity index (χ0) is 11.3. The summed E-state index contributed by atoms with van der Waals surface area (Å²) in [4.78, 5) is 10.9. The van der Waals surface area contributed by atoms with Crippen molar-refractivity contribution in [3.05, 3.63) is 35.4 Å². The van der Waals surface area contributed by atoms with Gasteiger partial charge in [0.1, 0.15) is 0 Å². The Bertz CT molecular complexity index is 378. The molecular formula is C11H11NO3. The number of aliphatic hydroxyl groups excluding tert-OH is 1. The fraction of sp³-hybridized carbons (Fsp3) is 0.273. The predicted octanol–water partition coefficient (Wildman–Crippen LogP) is 1.15. The third-order valence-corrected chi connectivity index (χ3v) is 2.01. The van der Waals surface area contributed by atoms with Crippen LogP contribution in [0.25, 0.3) is 0 Å². The van der Waals surface area contributed by atoms with Gasteiger partial charge in [-0.15, -0.1) is 0 Å². The summed E-state index contributed by atoms with van der Waals surface area (Å²) in [6.07, 6.45) is -0.965. The lowest BCUT2D eigenvalue weighted by molar-refractivity contribution is -0.142. The topological polar surface area (TPSA) is 70.3 Å². The highest BCUT2D eigenvalue weighted by Crippen LogP contribution is 2.17. The van der Waals surface area contributed by atoms with Gasteiger partial charge < -0.3 is 9.84 Å². The van der Waals surface area contributed by atoms with E-state index in [9.17, 15) is 9.90 Å². The lowest BCUT2D eigenvalue weighted by Gasteiger charge is -2.08. The average Bonchev–Trinajstić information content (AvgIpc) is 2.29. The van der Waals surface area contributed by atoms with Crippen molar-refractivity contribution in [1.29, 1.82) is 5.26 Å². The molecule has 15 heavy (non-hydrogen) atoms. The number of hydrogen-bond donors (Lipinski definition) is 1. The van der Waals surface area contributed by atoms with E-state index in [1.54, 1.807) is 24.3 Å². The third kappa shape index (κ3) is 3.08. The Kier molecular flexibility index (Phi) is 3.83. The molecule has 0 aromatic heterocycles. The Labute approximate surface area is 87.7 Å². The number of nitrogens with zero attached hydrogens (tertiary/aromatic N) is 1. The summed E-state index contributed by atoms with van der Waals surface area (Å²) in [5, 5.41) is 18.2. The van der Waals surface area contributed by atoms with E-state index in [1.807, 2.05) is 6.07 Å². The SMILES string of the molecule is COC(=O)CC(O)c1ccc(C#N)cc1. The van der Waals surface area contributed by atoms with Crippen molar-refractivity contribution < 1.29 is 14.6 Å². The molecule has 0 amide bonds. The van der Waals surface area contributed by atoms with Crippen molar-refractivity contribution in [2.75, 3.05) is 7.11 Å². The molecule has 1 N–H and O–H groups in total. The standard InChI is InChI=1S/C11H11NO3/c1-15-11(14)6-10(13)9-4-2-8(7-12)3-5-9/h2-5,10,13H,6H2,1H3. The molecule has 0 aliphatic carbocycles. The Balaban J connectivity index is 2.70. The molecule has 1 rings (SSSR count). The van der Waals surface area contributed by atoms with Gasteiger partial charge >= 0.3 is 5.97 Å². The van der Waals surface area contributed by atoms with Crippen LogP contribution in [0.2, 0.25) is 0 Å². The molecule has 0 bridgehead atoms. The molecule has 1 unspecified atom stereocenters. The summed E-state index contributed by atoms with van der Waals surface area (Å²) < 4.78 is 4.44. The highest BCUT2D eigenvalue weighted by Gasteiger charge is 2.12. The molecule has 0 heterocycles. The van der Waals surface area contributed by atoms with Crippen molar-refractivity contribution in [3.8, 4) is 6.07 Å². The Hall–Kier alpha value is -1.86. The van der Waals surface area contributed by atoms with Crippen LogP contribution in [-0.4, -0.2) is 18.2 Å². The zero-order valence-corrected chi connectivity index (χ0v) is 8.30. The van der Waals surface area contributed by atoms with Crippen LogP contribution in [0.15, 0.2) is 24.3 Å². The van der Waals surface area contributed by atoms with E-state index < -0.39 is 12.1 Å². The van der Waals surface area contributed by atoms with Gasteiger partial charge in [0.05, 0.1) is 31.3 Å². The van der Waals surface area contributed by atoms with Crippen LogP contribution in [0.5, 0.6) is 0 Å². The van der Waals surface area contributed by atoms with Crippen molar-refractivity contribution in [1.82, 2.24) is 0 Å². The largest absolute Gasteiger partial charge is 0.469 e. The number of hydrogen-bond acceptors (Lipinski definition) is 4. The van der Waals surface area contributed by atoms with Crippen molar-refractivity contribution >= 4 is 5.97 Å². The van der Waals surface area contributed by atoms with Crippen molar-refractivity contribution in [3.63, 3.8) is 0 Å². The van der Waals surface area contributed by atoms with Crippen molar-refractivity contribution in [2.45, 2.75) is 12.5 Å². The Morgan fingerprint density at radius 2 is 2.13 bits per heavy atom. The number of esters is 1. The summed E-state index contributed by atoms with van der Waals surface area (Å²) in [7, 11) is 1.27. The van der Waals surface area contributed by atoms with E-state index in [0.717, 1.165) is 0 Å². The second kappa shape index (κ2) is 5.13. The summed E-state index contributed by atoms with van der Waals surface area (Å²) in [5.41, 5.74) is 1.11. The minimum atomic E-state index is -0.884. The van der Waals surface area contributed by atoms with E-state index in [1.165, 1.54) is 7.11 Å². The molecular weight excluding hydrogens is 194 g/mol. The van der Waals surface area contributed by atoms with Crippen LogP contribution >= 0.6 is 0 Å². The number of methoxy groups -OCH3 is 1. The van der Waals surface area contributed by atoms with Gasteiger partial charge in [-0.05, 0) is 17.7 Å². The lowest BCUT2D eigenvalue weighted by Crippen LogP contribution is -2.07. The van der Waals surface area contributed by atoms with E-state index in [2.05, 4.69) is 4.74 Å². The normalized spacial score (nSPS) is 11.5. The molecule has 78 valence electrons. The number of carbonyl (C=O) groups excluding carboxylic acids is 1. The van der Waals surface area contributed by atoms with Crippen molar-refractivity contribution in [2.24, 2.45) is 0 Å². The van der Waals surface area contributed by atoms with E-state index in [0.29, 0.717) is 11.1 Å². The van der Waals surface area contributed by atoms with Crippen LogP contribution in [0.1, 0.15) is 23.7 Å². The summed E-state index contributed by atoms with van der Waals surface area (Å²) >= 11 is 0. The van der Waals surface area contributed by atoms with Gasteiger partial charge in [0.25, 0.3) is 0 Å². The molecule has 1 aromatic carbocycles. The molecule has 1 atom stereocenters. The maximum Gasteiger partial charge on any atom is 0.308 e. The number of nitriles is 1. The lowest BCUT2D eigenvalue weighted by atomic mass is 10.1. The Morgan fingerprint density at radius 1 is 1.53 bits per heavy atom. The smallest absolute Gasteiger partial charge is 0.308 e. The molecule has 1 aromatic rings. The predicted molar refractivity (Wildman–Crippen MR) is 52.7 cm³/mol. The molecule has 4 heteroatoms. The molecule has 0 saturated carbocycles. The quantitative estimate of drug-likeness (QED) is 0.751. The van der Waals surface area contributed by atoms with Gasteiger partial charge in [-0.25, -0.2) is 0 Å². The number of rotatable bonds is 3. The first-order chi connectivity index (χ1) is 7.17. The molecule has 0 radical (unpaired) electrons.